The Morgan fingerprint density at radius 3 is 2.08 bits per heavy atom. The molecule has 0 saturated heterocycles. The van der Waals surface area contributed by atoms with E-state index >= 15 is 0 Å². The van der Waals surface area contributed by atoms with Crippen molar-refractivity contribution in [2.75, 3.05) is 0 Å². The van der Waals surface area contributed by atoms with Crippen molar-refractivity contribution in [3.63, 3.8) is 0 Å². The summed E-state index contributed by atoms with van der Waals surface area (Å²) in [5.41, 5.74) is 0. The monoisotopic (exact) mass is 564 g/mol. The van der Waals surface area contributed by atoms with Crippen molar-refractivity contribution in [1.82, 2.24) is 14.8 Å². The average Bonchev–Trinajstić information content (AvgIpc) is 2.89. The van der Waals surface area contributed by atoms with Crippen molar-refractivity contribution in [3.05, 3.63) is 48.6 Å². The van der Waals surface area contributed by atoms with Crippen molar-refractivity contribution in [2.45, 2.75) is 18.7 Å². The molecule has 12 heteroatoms. The van der Waals surface area contributed by atoms with Gasteiger partial charge in [0.25, 0.3) is 0 Å². The fraction of sp³-hybridized carbons (Fsp3) is 0.154. The zero-order valence-corrected chi connectivity index (χ0v) is 16.1. The first-order valence-electron chi connectivity index (χ1n) is 6.27. The van der Waals surface area contributed by atoms with Crippen LogP contribution in [0.1, 0.15) is 13.8 Å². The average molecular weight is 564 g/mol. The van der Waals surface area contributed by atoms with Gasteiger partial charge < -0.3 is 5.11 Å². The molecular weight excluding hydrogens is 549 g/mol. The third-order valence-electron chi connectivity index (χ3n) is 2.32. The SMILES string of the molecule is CC(=O)/C=C(/C)O.FS(F)(F)(F)(F)c1ccc(-n2cccn2)nc1.[Ir]. The van der Waals surface area contributed by atoms with Crippen LogP contribution >= 0.6 is 10.2 Å². The second kappa shape index (κ2) is 7.22. The molecule has 0 unspecified atom stereocenters. The van der Waals surface area contributed by atoms with E-state index < -0.39 is 15.1 Å². The molecule has 2 rings (SSSR count). The maximum absolute atomic E-state index is 12.4. The number of rotatable bonds is 3. The zero-order chi connectivity index (χ0) is 18.7. The standard InChI is InChI=1S/C8H6F5N3S.C5H8O2.Ir/c9-17(10,11,12,13)7-2-3-8(14-6-7)16-5-1-4-15-16;1-4(6)3-5(2)7;/h1-6H;3,6H,1-2H3;/b;4-3-;. The Bertz CT molecular complexity index is 743. The molecule has 0 aliphatic carbocycles. The predicted octanol–water partition coefficient (Wildman–Crippen LogP) is 4.96. The van der Waals surface area contributed by atoms with Crippen LogP contribution in [0.3, 0.4) is 0 Å². The van der Waals surface area contributed by atoms with Crippen molar-refractivity contribution in [2.24, 2.45) is 0 Å². The third kappa shape index (κ3) is 8.23. The van der Waals surface area contributed by atoms with Gasteiger partial charge in [-0.1, -0.05) is 19.4 Å². The van der Waals surface area contributed by atoms with E-state index in [-0.39, 0.29) is 43.7 Å². The molecule has 25 heavy (non-hydrogen) atoms. The van der Waals surface area contributed by atoms with Crippen LogP contribution in [0.5, 0.6) is 0 Å². The summed E-state index contributed by atoms with van der Waals surface area (Å²) in [6, 6.07) is 2.66. The summed E-state index contributed by atoms with van der Waals surface area (Å²) >= 11 is 0. The number of hydrogen-bond donors (Lipinski definition) is 1. The molecule has 1 N–H and O–H groups in total. The van der Waals surface area contributed by atoms with Gasteiger partial charge in [0.05, 0.1) is 12.0 Å². The maximum Gasteiger partial charge on any atom is 0.311 e. The Balaban J connectivity index is 0.000000620. The van der Waals surface area contributed by atoms with Crippen molar-refractivity contribution >= 4 is 16.0 Å². The van der Waals surface area contributed by atoms with E-state index in [0.717, 1.165) is 10.7 Å². The Morgan fingerprint density at radius 2 is 1.80 bits per heavy atom. The first kappa shape index (κ1) is 23.2. The Labute approximate surface area is 153 Å². The van der Waals surface area contributed by atoms with Crippen LogP contribution in [0.25, 0.3) is 5.82 Å². The molecule has 2 aromatic heterocycles. The fourth-order valence-electron chi connectivity index (χ4n) is 1.43. The van der Waals surface area contributed by atoms with Crippen LogP contribution in [0, 0.1) is 0 Å². The second-order valence-electron chi connectivity index (χ2n) is 4.67. The Morgan fingerprint density at radius 1 is 1.20 bits per heavy atom. The first-order chi connectivity index (χ1) is 10.7. The van der Waals surface area contributed by atoms with E-state index in [1.807, 2.05) is 0 Å². The number of aliphatic hydroxyl groups is 1. The minimum absolute atomic E-state index is 0. The van der Waals surface area contributed by atoms with Crippen LogP contribution in [-0.4, -0.2) is 25.7 Å². The number of hydrogen-bond acceptors (Lipinski definition) is 4. The summed E-state index contributed by atoms with van der Waals surface area (Å²) in [7, 11) is -9.63. The molecule has 0 amide bonds. The molecule has 0 aromatic carbocycles. The number of ketones is 1. The number of nitrogens with zero attached hydrogens (tertiary/aromatic N) is 3. The molecule has 143 valence electrons. The van der Waals surface area contributed by atoms with Crippen LogP contribution in [0.2, 0.25) is 0 Å². The van der Waals surface area contributed by atoms with Gasteiger partial charge in [-0.25, -0.2) is 9.67 Å². The molecule has 2 aromatic rings. The molecule has 1 radical (unpaired) electrons. The smallest absolute Gasteiger partial charge is 0.311 e. The Kier molecular flexibility index (Phi) is 6.71. The Hall–Kier alpha value is -1.78. The van der Waals surface area contributed by atoms with E-state index in [2.05, 4.69) is 10.1 Å². The summed E-state index contributed by atoms with van der Waals surface area (Å²) < 4.78 is 63.0. The summed E-state index contributed by atoms with van der Waals surface area (Å²) in [5, 5.41) is 12.1. The van der Waals surface area contributed by atoms with Gasteiger partial charge >= 0.3 is 10.2 Å². The minimum atomic E-state index is -9.63. The van der Waals surface area contributed by atoms with Crippen molar-refractivity contribution < 1.29 is 49.4 Å². The summed E-state index contributed by atoms with van der Waals surface area (Å²) in [6.45, 7) is 2.85. The van der Waals surface area contributed by atoms with Gasteiger partial charge in [0, 0.05) is 38.6 Å². The van der Waals surface area contributed by atoms with Gasteiger partial charge in [0.2, 0.25) is 0 Å². The molecule has 5 nitrogen and oxygen atoms in total. The molecule has 0 aliphatic heterocycles. The summed E-state index contributed by atoms with van der Waals surface area (Å²) in [5.74, 6) is -0.0342. The summed E-state index contributed by atoms with van der Waals surface area (Å²) in [4.78, 5) is 11.3. The number of aliphatic hydroxyl groups excluding tert-OH is 1. The van der Waals surface area contributed by atoms with Gasteiger partial charge in [0.1, 0.15) is 4.90 Å². The van der Waals surface area contributed by atoms with Gasteiger partial charge in [-0.15, -0.1) is 0 Å². The molecule has 2 heterocycles. The number of aromatic nitrogens is 3. The van der Waals surface area contributed by atoms with Gasteiger partial charge in [0.15, 0.2) is 11.6 Å². The third-order valence-corrected chi connectivity index (χ3v) is 3.45. The number of halogens is 5. The number of allylic oxidation sites excluding steroid dienone is 2. The van der Waals surface area contributed by atoms with E-state index in [0.29, 0.717) is 6.07 Å². The van der Waals surface area contributed by atoms with E-state index in [4.69, 9.17) is 5.11 Å². The fourth-order valence-corrected chi connectivity index (χ4v) is 2.01. The van der Waals surface area contributed by atoms with Crippen molar-refractivity contribution in [3.8, 4) is 5.82 Å². The second-order valence-corrected chi connectivity index (χ2v) is 7.08. The zero-order valence-electron chi connectivity index (χ0n) is 12.9. The number of pyridine rings is 1. The van der Waals surface area contributed by atoms with Crippen molar-refractivity contribution in [1.29, 1.82) is 0 Å². The largest absolute Gasteiger partial charge is 0.512 e. The van der Waals surface area contributed by atoms with E-state index in [1.54, 1.807) is 0 Å². The first-order valence-corrected chi connectivity index (χ1v) is 8.22. The number of carbonyl (C=O) groups excluding carboxylic acids is 1. The topological polar surface area (TPSA) is 68.0 Å². The van der Waals surface area contributed by atoms with Gasteiger partial charge in [-0.3, -0.25) is 4.79 Å². The predicted molar refractivity (Wildman–Crippen MR) is 79.8 cm³/mol. The van der Waals surface area contributed by atoms with Crippen LogP contribution in [0.4, 0.5) is 19.4 Å². The number of carbonyl (C=O) groups is 1. The van der Waals surface area contributed by atoms with Gasteiger partial charge in [-0.2, -0.15) is 5.10 Å². The molecule has 0 aliphatic rings. The van der Waals surface area contributed by atoms with Crippen LogP contribution in [-0.2, 0) is 24.9 Å². The quantitative estimate of drug-likeness (QED) is 0.326. The molecule has 0 bridgehead atoms. The minimum Gasteiger partial charge on any atom is -0.512 e. The normalized spacial score (nSPS) is 14.3. The van der Waals surface area contributed by atoms with Gasteiger partial charge in [-0.05, 0) is 32.0 Å². The van der Waals surface area contributed by atoms with Crippen LogP contribution < -0.4 is 0 Å². The maximum atomic E-state index is 12.4. The summed E-state index contributed by atoms with van der Waals surface area (Å²) in [6.07, 6.45) is 4.10. The van der Waals surface area contributed by atoms with E-state index in [9.17, 15) is 24.2 Å². The van der Waals surface area contributed by atoms with Crippen LogP contribution in [0.15, 0.2) is 53.5 Å². The van der Waals surface area contributed by atoms with E-state index in [1.165, 1.54) is 38.4 Å². The molecular formula is C13H14F5IrN3O2S. The molecule has 0 saturated carbocycles. The molecule has 0 fully saturated rings. The molecule has 0 atom stereocenters. The molecule has 0 spiro atoms.